The smallest absolute Gasteiger partial charge is 0.382 e. The zero-order valence-electron chi connectivity index (χ0n) is 9.42. The van der Waals surface area contributed by atoms with Crippen LogP contribution >= 0.6 is 0 Å². The highest BCUT2D eigenvalue weighted by molar-refractivity contribution is 6.20. The van der Waals surface area contributed by atoms with Gasteiger partial charge in [0.1, 0.15) is 6.34 Å². The molecule has 0 aromatic heterocycles. The van der Waals surface area contributed by atoms with E-state index in [1.807, 2.05) is 0 Å². The molecule has 0 aromatic carbocycles. The number of ether oxygens (including phenoxy) is 2. The Morgan fingerprint density at radius 1 is 1.65 bits per heavy atom. The predicted molar refractivity (Wildman–Crippen MR) is 61.3 cm³/mol. The standard InChI is InChI=1S/C9H13N5O3/c1-16-2-3-17-5-14-4-11-6-7(14)12-9(10)13-8(6)15/h4,6H,2-3,5H2,1H3,(H2,10,13,15)/p+1. The second kappa shape index (κ2) is 4.96. The number of fused-ring (bicyclic) bond motifs is 1. The normalized spacial score (nSPS) is 22.1. The van der Waals surface area contributed by atoms with Crippen LogP contribution in [0.4, 0.5) is 0 Å². The minimum absolute atomic E-state index is 0.0774. The SMILES string of the molecule is COCCOCN1C=NC2C(=O)NC(N)=[N+]=C21. The van der Waals surface area contributed by atoms with E-state index in [1.54, 1.807) is 12.0 Å². The number of nitrogens with one attached hydrogen (secondary N) is 1. The number of carbonyl (C=O) groups is 1. The fourth-order valence-corrected chi connectivity index (χ4v) is 1.49. The summed E-state index contributed by atoms with van der Waals surface area (Å²) in [5.74, 6) is 0.292. The summed E-state index contributed by atoms with van der Waals surface area (Å²) in [6.45, 7) is 1.24. The first-order chi connectivity index (χ1) is 8.22. The Hall–Kier alpha value is -1.89. The van der Waals surface area contributed by atoms with E-state index in [0.29, 0.717) is 19.0 Å². The molecule has 0 fully saturated rings. The van der Waals surface area contributed by atoms with Crippen LogP contribution < -0.4 is 15.7 Å². The summed E-state index contributed by atoms with van der Waals surface area (Å²) >= 11 is 0. The summed E-state index contributed by atoms with van der Waals surface area (Å²) in [5, 5.41) is 2.41. The van der Waals surface area contributed by atoms with Crippen molar-refractivity contribution in [2.45, 2.75) is 6.04 Å². The summed E-state index contributed by atoms with van der Waals surface area (Å²) in [6, 6.07) is -0.617. The van der Waals surface area contributed by atoms with Crippen molar-refractivity contribution in [2.24, 2.45) is 10.7 Å². The van der Waals surface area contributed by atoms with Crippen LogP contribution in [-0.4, -0.2) is 62.0 Å². The molecule has 0 saturated heterocycles. The molecule has 0 aromatic rings. The molecule has 92 valence electrons. The van der Waals surface area contributed by atoms with Crippen molar-refractivity contribution in [3.8, 4) is 0 Å². The minimum atomic E-state index is -0.617. The highest BCUT2D eigenvalue weighted by Crippen LogP contribution is 2.07. The maximum atomic E-state index is 11.5. The first-order valence-corrected chi connectivity index (χ1v) is 5.11. The molecule has 1 atom stereocenters. The summed E-state index contributed by atoms with van der Waals surface area (Å²) in [4.78, 5) is 17.2. The Balaban J connectivity index is 1.99. The molecular weight excluding hydrogens is 226 g/mol. The van der Waals surface area contributed by atoms with Gasteiger partial charge in [-0.25, -0.2) is 19.9 Å². The van der Waals surface area contributed by atoms with Crippen molar-refractivity contribution >= 4 is 24.0 Å². The number of hydrogen-bond acceptors (Lipinski definition) is 6. The van der Waals surface area contributed by atoms with Crippen LogP contribution in [0.5, 0.6) is 0 Å². The van der Waals surface area contributed by atoms with E-state index >= 15 is 0 Å². The van der Waals surface area contributed by atoms with E-state index in [-0.39, 0.29) is 18.6 Å². The maximum absolute atomic E-state index is 11.5. The van der Waals surface area contributed by atoms with Crippen molar-refractivity contribution in [3.63, 3.8) is 0 Å². The fraction of sp³-hybridized carbons (Fsp3) is 0.556. The number of methoxy groups -OCH3 is 1. The zero-order valence-corrected chi connectivity index (χ0v) is 9.42. The topological polar surface area (TPSA) is 103 Å². The van der Waals surface area contributed by atoms with Crippen molar-refractivity contribution in [2.75, 3.05) is 27.1 Å². The van der Waals surface area contributed by atoms with Crippen LogP contribution in [0.1, 0.15) is 0 Å². The molecule has 8 nitrogen and oxygen atoms in total. The number of amidine groups is 1. The largest absolute Gasteiger partial charge is 0.399 e. The van der Waals surface area contributed by atoms with E-state index in [1.165, 1.54) is 6.34 Å². The number of carbonyl (C=O) groups excluding carboxylic acids is 1. The van der Waals surface area contributed by atoms with Crippen molar-refractivity contribution in [3.05, 3.63) is 0 Å². The van der Waals surface area contributed by atoms with E-state index in [0.717, 1.165) is 0 Å². The van der Waals surface area contributed by atoms with Gasteiger partial charge in [0.25, 0.3) is 0 Å². The number of nitrogens with two attached hydrogens (primary N) is 1. The Kier molecular flexibility index (Phi) is 3.38. The van der Waals surface area contributed by atoms with Gasteiger partial charge in [-0.1, -0.05) is 0 Å². The predicted octanol–water partition coefficient (Wildman–Crippen LogP) is -2.77. The van der Waals surface area contributed by atoms with Gasteiger partial charge in [0.15, 0.2) is 6.73 Å². The number of hydrogen-bond donors (Lipinski definition) is 2. The highest BCUT2D eigenvalue weighted by atomic mass is 16.5. The molecule has 2 aliphatic rings. The third-order valence-electron chi connectivity index (χ3n) is 2.29. The van der Waals surface area contributed by atoms with Crippen LogP contribution in [0.15, 0.2) is 4.99 Å². The Labute approximate surface area is 97.8 Å². The molecule has 0 radical (unpaired) electrons. The average Bonchev–Trinajstić information content (AvgIpc) is 2.68. The van der Waals surface area contributed by atoms with Gasteiger partial charge in [0.2, 0.25) is 6.04 Å². The first kappa shape index (κ1) is 11.6. The van der Waals surface area contributed by atoms with Crippen LogP contribution in [0, 0.1) is 0 Å². The van der Waals surface area contributed by atoms with Gasteiger partial charge >= 0.3 is 17.7 Å². The summed E-state index contributed by atoms with van der Waals surface area (Å²) < 4.78 is 14.2. The molecule has 17 heavy (non-hydrogen) atoms. The zero-order chi connectivity index (χ0) is 12.3. The molecule has 0 spiro atoms. The van der Waals surface area contributed by atoms with Gasteiger partial charge in [-0.2, -0.15) is 0 Å². The monoisotopic (exact) mass is 240 g/mol. The number of aliphatic imine (C=N–C) groups is 1. The molecule has 8 heteroatoms. The lowest BCUT2D eigenvalue weighted by molar-refractivity contribution is -0.119. The molecular formula is C9H14N5O3+. The van der Waals surface area contributed by atoms with Crippen LogP contribution in [-0.2, 0) is 14.3 Å². The molecule has 2 heterocycles. The molecule has 2 rings (SSSR count). The number of rotatable bonds is 5. The molecule has 3 N–H and O–H groups in total. The number of amides is 1. The van der Waals surface area contributed by atoms with Gasteiger partial charge in [-0.15, -0.1) is 0 Å². The third kappa shape index (κ3) is 2.44. The van der Waals surface area contributed by atoms with E-state index in [9.17, 15) is 4.79 Å². The van der Waals surface area contributed by atoms with Crippen molar-refractivity contribution in [1.29, 1.82) is 0 Å². The fourth-order valence-electron chi connectivity index (χ4n) is 1.49. The summed E-state index contributed by atoms with van der Waals surface area (Å²) in [7, 11) is 1.60. The summed E-state index contributed by atoms with van der Waals surface area (Å²) in [5.41, 5.74) is 5.47. The quantitative estimate of drug-likeness (QED) is 0.400. The van der Waals surface area contributed by atoms with E-state index < -0.39 is 6.04 Å². The minimum Gasteiger partial charge on any atom is -0.382 e. The van der Waals surface area contributed by atoms with E-state index in [4.69, 9.17) is 15.2 Å². The van der Waals surface area contributed by atoms with E-state index in [2.05, 4.69) is 15.0 Å². The Morgan fingerprint density at radius 2 is 2.47 bits per heavy atom. The average molecular weight is 240 g/mol. The number of nitrogens with zero attached hydrogens (tertiary/aromatic N) is 3. The lowest BCUT2D eigenvalue weighted by atomic mass is 10.2. The molecule has 2 aliphatic heterocycles. The van der Waals surface area contributed by atoms with Gasteiger partial charge in [0.05, 0.1) is 13.2 Å². The van der Waals surface area contributed by atoms with Gasteiger partial charge < -0.3 is 9.47 Å². The molecule has 0 aliphatic carbocycles. The molecule has 0 bridgehead atoms. The second-order valence-electron chi connectivity index (χ2n) is 3.51. The van der Waals surface area contributed by atoms with Crippen LogP contribution in [0.2, 0.25) is 0 Å². The van der Waals surface area contributed by atoms with Gasteiger partial charge in [-0.3, -0.25) is 10.5 Å². The van der Waals surface area contributed by atoms with Crippen LogP contribution in [0.3, 0.4) is 0 Å². The molecule has 1 amide bonds. The first-order valence-electron chi connectivity index (χ1n) is 5.11. The second-order valence-corrected chi connectivity index (χ2v) is 3.51. The Bertz CT molecular complexity index is 413. The molecule has 0 saturated carbocycles. The van der Waals surface area contributed by atoms with Crippen molar-refractivity contribution < 1.29 is 14.3 Å². The van der Waals surface area contributed by atoms with Gasteiger partial charge in [-0.05, 0) is 0 Å². The number of guanidine groups is 1. The molecule has 1 unspecified atom stereocenters. The van der Waals surface area contributed by atoms with Crippen LogP contribution in [0.25, 0.3) is 0 Å². The van der Waals surface area contributed by atoms with Gasteiger partial charge in [0, 0.05) is 7.11 Å². The third-order valence-corrected chi connectivity index (χ3v) is 2.29. The summed E-state index contributed by atoms with van der Waals surface area (Å²) in [6.07, 6.45) is 1.52. The Morgan fingerprint density at radius 3 is 3.24 bits per heavy atom. The maximum Gasteiger partial charge on any atom is 0.399 e. The lowest BCUT2D eigenvalue weighted by Crippen LogP contribution is -2.53. The lowest BCUT2D eigenvalue weighted by Gasteiger charge is -2.13. The highest BCUT2D eigenvalue weighted by Gasteiger charge is 2.41. The van der Waals surface area contributed by atoms with Crippen molar-refractivity contribution in [1.82, 2.24) is 14.9 Å².